The van der Waals surface area contributed by atoms with Gasteiger partial charge in [0.1, 0.15) is 0 Å². The first kappa shape index (κ1) is 11.2. The maximum absolute atomic E-state index is 11.5. The topological polar surface area (TPSA) is 46.2 Å². The molecule has 1 atom stereocenters. The van der Waals surface area contributed by atoms with Gasteiger partial charge in [-0.05, 0) is 19.3 Å². The van der Waals surface area contributed by atoms with Gasteiger partial charge >= 0.3 is 0 Å². The van der Waals surface area contributed by atoms with Crippen molar-refractivity contribution in [2.75, 3.05) is 0 Å². The van der Waals surface area contributed by atoms with Crippen molar-refractivity contribution in [3.05, 3.63) is 0 Å². The lowest BCUT2D eigenvalue weighted by Gasteiger charge is -2.09. The number of hydrogen-bond acceptors (Lipinski definition) is 2. The lowest BCUT2D eigenvalue weighted by Crippen LogP contribution is -2.35. The Kier molecular flexibility index (Phi) is 4.11. The summed E-state index contributed by atoms with van der Waals surface area (Å²) in [6.07, 6.45) is 4.98. The molecule has 0 aromatic rings. The fourth-order valence-electron chi connectivity index (χ4n) is 1.35. The summed E-state index contributed by atoms with van der Waals surface area (Å²) in [7, 11) is 0. The highest BCUT2D eigenvalue weighted by Crippen LogP contribution is 2.19. The molecule has 3 heteroatoms. The molecule has 0 bridgehead atoms. The summed E-state index contributed by atoms with van der Waals surface area (Å²) >= 11 is 0. The van der Waals surface area contributed by atoms with E-state index < -0.39 is 0 Å². The predicted molar refractivity (Wildman–Crippen MR) is 54.9 cm³/mol. The Bertz CT molecular complexity index is 221. The summed E-state index contributed by atoms with van der Waals surface area (Å²) < 4.78 is 0. The van der Waals surface area contributed by atoms with Crippen molar-refractivity contribution in [1.29, 1.82) is 0 Å². The van der Waals surface area contributed by atoms with Crippen molar-refractivity contribution >= 4 is 11.7 Å². The van der Waals surface area contributed by atoms with Gasteiger partial charge in [-0.15, -0.1) is 0 Å². The minimum Gasteiger partial charge on any atom is -0.347 e. The Balaban J connectivity index is 2.26. The standard InChI is InChI=1S/C11H19NO2/c1-3-4-5-8(2)10(13)11(14)12-9-6-7-9/h8-9H,3-7H2,1-2H3,(H,12,14). The van der Waals surface area contributed by atoms with Gasteiger partial charge in [-0.3, -0.25) is 9.59 Å². The van der Waals surface area contributed by atoms with Crippen LogP contribution in [0.1, 0.15) is 46.0 Å². The molecule has 1 aliphatic carbocycles. The number of carbonyl (C=O) groups is 2. The second kappa shape index (κ2) is 5.13. The Morgan fingerprint density at radius 1 is 1.43 bits per heavy atom. The first-order valence-electron chi connectivity index (χ1n) is 5.49. The van der Waals surface area contributed by atoms with Crippen LogP contribution in [-0.2, 0) is 9.59 Å². The van der Waals surface area contributed by atoms with Crippen LogP contribution >= 0.6 is 0 Å². The largest absolute Gasteiger partial charge is 0.347 e. The van der Waals surface area contributed by atoms with E-state index in [4.69, 9.17) is 0 Å². The van der Waals surface area contributed by atoms with Crippen molar-refractivity contribution in [2.24, 2.45) is 5.92 Å². The maximum atomic E-state index is 11.5. The summed E-state index contributed by atoms with van der Waals surface area (Å²) in [6.45, 7) is 3.92. The van der Waals surface area contributed by atoms with Crippen molar-refractivity contribution in [3.8, 4) is 0 Å². The molecule has 1 saturated carbocycles. The van der Waals surface area contributed by atoms with E-state index in [0.29, 0.717) is 0 Å². The first-order valence-corrected chi connectivity index (χ1v) is 5.49. The van der Waals surface area contributed by atoms with E-state index in [1.807, 2.05) is 6.92 Å². The summed E-state index contributed by atoms with van der Waals surface area (Å²) in [5.41, 5.74) is 0. The van der Waals surface area contributed by atoms with Gasteiger partial charge in [0.25, 0.3) is 5.91 Å². The molecular weight excluding hydrogens is 178 g/mol. The van der Waals surface area contributed by atoms with Gasteiger partial charge in [-0.2, -0.15) is 0 Å². The van der Waals surface area contributed by atoms with Gasteiger partial charge in [-0.25, -0.2) is 0 Å². The highest BCUT2D eigenvalue weighted by Gasteiger charge is 2.28. The number of hydrogen-bond donors (Lipinski definition) is 1. The zero-order chi connectivity index (χ0) is 10.6. The third kappa shape index (κ3) is 3.48. The normalized spacial score (nSPS) is 17.6. The number of nitrogens with one attached hydrogen (secondary N) is 1. The van der Waals surface area contributed by atoms with Crippen LogP contribution in [-0.4, -0.2) is 17.7 Å². The van der Waals surface area contributed by atoms with Gasteiger partial charge in [0.2, 0.25) is 5.78 Å². The fraction of sp³-hybridized carbons (Fsp3) is 0.818. The number of unbranched alkanes of at least 4 members (excludes halogenated alkanes) is 1. The van der Waals surface area contributed by atoms with Crippen LogP contribution in [0.4, 0.5) is 0 Å². The monoisotopic (exact) mass is 197 g/mol. The fourth-order valence-corrected chi connectivity index (χ4v) is 1.35. The molecule has 1 N–H and O–H groups in total. The van der Waals surface area contributed by atoms with E-state index in [2.05, 4.69) is 12.2 Å². The van der Waals surface area contributed by atoms with Gasteiger partial charge < -0.3 is 5.32 Å². The minimum absolute atomic E-state index is 0.117. The Hall–Kier alpha value is -0.860. The van der Waals surface area contributed by atoms with Crippen LogP contribution in [0, 0.1) is 5.92 Å². The Morgan fingerprint density at radius 3 is 2.57 bits per heavy atom. The molecule has 1 fully saturated rings. The molecule has 3 nitrogen and oxygen atoms in total. The zero-order valence-electron chi connectivity index (χ0n) is 9.01. The molecule has 0 saturated heterocycles. The number of ketones is 1. The molecule has 0 aliphatic heterocycles. The third-order valence-electron chi connectivity index (χ3n) is 2.57. The zero-order valence-corrected chi connectivity index (χ0v) is 9.01. The summed E-state index contributed by atoms with van der Waals surface area (Å²) in [5.74, 6) is -0.741. The van der Waals surface area contributed by atoms with Crippen molar-refractivity contribution in [3.63, 3.8) is 0 Å². The molecule has 0 heterocycles. The quantitative estimate of drug-likeness (QED) is 0.658. The van der Waals surface area contributed by atoms with Crippen LogP contribution in [0.2, 0.25) is 0 Å². The lowest BCUT2D eigenvalue weighted by atomic mass is 9.99. The average Bonchev–Trinajstić information content (AvgIpc) is 2.96. The molecule has 14 heavy (non-hydrogen) atoms. The highest BCUT2D eigenvalue weighted by molar-refractivity contribution is 6.36. The van der Waals surface area contributed by atoms with Crippen LogP contribution in [0.5, 0.6) is 0 Å². The molecular formula is C11H19NO2. The number of rotatable bonds is 6. The Morgan fingerprint density at radius 2 is 2.07 bits per heavy atom. The Labute approximate surface area is 85.3 Å². The van der Waals surface area contributed by atoms with E-state index in [0.717, 1.165) is 32.1 Å². The van der Waals surface area contributed by atoms with Gasteiger partial charge in [-0.1, -0.05) is 26.7 Å². The third-order valence-corrected chi connectivity index (χ3v) is 2.57. The molecule has 1 amide bonds. The molecule has 1 unspecified atom stereocenters. The van der Waals surface area contributed by atoms with E-state index in [-0.39, 0.29) is 23.7 Å². The van der Waals surface area contributed by atoms with Crippen LogP contribution in [0.15, 0.2) is 0 Å². The van der Waals surface area contributed by atoms with Gasteiger partial charge in [0.05, 0.1) is 0 Å². The van der Waals surface area contributed by atoms with Crippen LogP contribution in [0.3, 0.4) is 0 Å². The van der Waals surface area contributed by atoms with Crippen molar-refractivity contribution in [1.82, 2.24) is 5.32 Å². The molecule has 0 radical (unpaired) electrons. The first-order chi connectivity index (χ1) is 6.65. The molecule has 1 aliphatic rings. The SMILES string of the molecule is CCCCC(C)C(=O)C(=O)NC1CC1. The minimum atomic E-state index is -0.379. The molecule has 0 aromatic heterocycles. The molecule has 0 aromatic carbocycles. The average molecular weight is 197 g/mol. The number of carbonyl (C=O) groups excluding carboxylic acids is 2. The van der Waals surface area contributed by atoms with Crippen molar-refractivity contribution in [2.45, 2.75) is 52.0 Å². The van der Waals surface area contributed by atoms with Crippen molar-refractivity contribution < 1.29 is 9.59 Å². The van der Waals surface area contributed by atoms with E-state index in [1.54, 1.807) is 0 Å². The second-order valence-corrected chi connectivity index (χ2v) is 4.16. The van der Waals surface area contributed by atoms with Gasteiger partial charge in [0, 0.05) is 12.0 Å². The summed E-state index contributed by atoms with van der Waals surface area (Å²) in [5, 5.41) is 2.72. The summed E-state index contributed by atoms with van der Waals surface area (Å²) in [4.78, 5) is 22.8. The highest BCUT2D eigenvalue weighted by atomic mass is 16.2. The molecule has 80 valence electrons. The summed E-state index contributed by atoms with van der Waals surface area (Å²) in [6, 6.07) is 0.282. The van der Waals surface area contributed by atoms with Crippen LogP contribution in [0.25, 0.3) is 0 Å². The second-order valence-electron chi connectivity index (χ2n) is 4.16. The van der Waals surface area contributed by atoms with E-state index in [1.165, 1.54) is 0 Å². The number of amides is 1. The van der Waals surface area contributed by atoms with E-state index >= 15 is 0 Å². The smallest absolute Gasteiger partial charge is 0.287 e. The molecule has 0 spiro atoms. The number of Topliss-reactive ketones (excluding diaryl/α,β-unsaturated/α-hetero) is 1. The maximum Gasteiger partial charge on any atom is 0.287 e. The van der Waals surface area contributed by atoms with Crippen LogP contribution < -0.4 is 5.32 Å². The predicted octanol–water partition coefficient (Wildman–Crippen LogP) is 1.66. The van der Waals surface area contributed by atoms with Gasteiger partial charge in [0.15, 0.2) is 0 Å². The molecule has 1 rings (SSSR count). The van der Waals surface area contributed by atoms with E-state index in [9.17, 15) is 9.59 Å². The lowest BCUT2D eigenvalue weighted by molar-refractivity contribution is -0.140.